The third-order valence-corrected chi connectivity index (χ3v) is 7.33. The number of hydrogen-bond donors (Lipinski definition) is 2. The highest BCUT2D eigenvalue weighted by molar-refractivity contribution is 7.21. The standard InChI is InChI=1S/C25H27N7O3S/c1-16-20(12-17(13-28-16)22(33)26-8-11-31-9-3-4-10-31)30-23(34)19-14-29-32-15-21(36-25(19)32)18-6-5-7-27-24(18)35-2/h5-7,12-15H,3-4,8-11H2,1-2H3,(H,26,33)(H,30,34). The summed E-state index contributed by atoms with van der Waals surface area (Å²) >= 11 is 1.42. The molecule has 36 heavy (non-hydrogen) atoms. The molecule has 0 spiro atoms. The molecule has 2 N–H and O–H groups in total. The van der Waals surface area contributed by atoms with Crippen LogP contribution in [-0.2, 0) is 0 Å². The molecular weight excluding hydrogens is 478 g/mol. The van der Waals surface area contributed by atoms with E-state index in [-0.39, 0.29) is 11.8 Å². The first kappa shape index (κ1) is 23.9. The zero-order chi connectivity index (χ0) is 25.1. The lowest BCUT2D eigenvalue weighted by Crippen LogP contribution is -2.33. The molecule has 10 nitrogen and oxygen atoms in total. The highest BCUT2D eigenvalue weighted by Crippen LogP contribution is 2.35. The van der Waals surface area contributed by atoms with Crippen LogP contribution in [0, 0.1) is 6.92 Å². The molecule has 0 radical (unpaired) electrons. The van der Waals surface area contributed by atoms with Gasteiger partial charge in [-0.05, 0) is 51.1 Å². The molecule has 0 saturated carbocycles. The van der Waals surface area contributed by atoms with Crippen molar-refractivity contribution in [2.24, 2.45) is 0 Å². The number of methoxy groups -OCH3 is 1. The Morgan fingerprint density at radius 3 is 2.81 bits per heavy atom. The third-order valence-electron chi connectivity index (χ3n) is 6.18. The summed E-state index contributed by atoms with van der Waals surface area (Å²) in [5, 5.41) is 10.2. The van der Waals surface area contributed by atoms with Crippen LogP contribution in [0.4, 0.5) is 5.69 Å². The van der Waals surface area contributed by atoms with Crippen LogP contribution in [0.3, 0.4) is 0 Å². The Hall–Kier alpha value is -3.83. The highest BCUT2D eigenvalue weighted by Gasteiger charge is 2.20. The Bertz CT molecular complexity index is 1410. The van der Waals surface area contributed by atoms with Gasteiger partial charge in [0.2, 0.25) is 5.88 Å². The number of aromatic nitrogens is 4. The maximum atomic E-state index is 13.2. The molecule has 0 aliphatic carbocycles. The van der Waals surface area contributed by atoms with Crippen LogP contribution in [0.2, 0.25) is 0 Å². The van der Waals surface area contributed by atoms with Crippen molar-refractivity contribution in [3.05, 3.63) is 59.8 Å². The number of fused-ring (bicyclic) bond motifs is 1. The van der Waals surface area contributed by atoms with E-state index in [2.05, 4.69) is 30.6 Å². The van der Waals surface area contributed by atoms with Crippen LogP contribution < -0.4 is 15.4 Å². The number of amides is 2. The van der Waals surface area contributed by atoms with Crippen LogP contribution in [0.25, 0.3) is 15.3 Å². The van der Waals surface area contributed by atoms with Gasteiger partial charge in [-0.2, -0.15) is 5.10 Å². The molecule has 5 rings (SSSR count). The molecule has 2 amide bonds. The van der Waals surface area contributed by atoms with Crippen molar-refractivity contribution >= 4 is 33.7 Å². The molecule has 1 aliphatic rings. The summed E-state index contributed by atoms with van der Waals surface area (Å²) in [5.41, 5.74) is 2.75. The zero-order valence-corrected chi connectivity index (χ0v) is 21.0. The predicted molar refractivity (Wildman–Crippen MR) is 138 cm³/mol. The fraction of sp³-hybridized carbons (Fsp3) is 0.320. The Morgan fingerprint density at radius 2 is 2.00 bits per heavy atom. The summed E-state index contributed by atoms with van der Waals surface area (Å²) in [7, 11) is 1.57. The molecule has 0 unspecified atom stereocenters. The van der Waals surface area contributed by atoms with Gasteiger partial charge in [-0.3, -0.25) is 14.6 Å². The van der Waals surface area contributed by atoms with Crippen molar-refractivity contribution in [2.75, 3.05) is 38.6 Å². The van der Waals surface area contributed by atoms with Crippen LogP contribution >= 0.6 is 11.3 Å². The van der Waals surface area contributed by atoms with Crippen LogP contribution in [0.15, 0.2) is 43.0 Å². The first-order valence-corrected chi connectivity index (χ1v) is 12.6. The molecule has 1 fully saturated rings. The number of hydrogen-bond acceptors (Lipinski definition) is 8. The average Bonchev–Trinajstić information content (AvgIpc) is 3.63. The lowest BCUT2D eigenvalue weighted by molar-refractivity contribution is 0.0948. The zero-order valence-electron chi connectivity index (χ0n) is 20.2. The quantitative estimate of drug-likeness (QED) is 0.378. The van der Waals surface area contributed by atoms with Gasteiger partial charge in [0.15, 0.2) is 0 Å². The number of aryl methyl sites for hydroxylation is 1. The molecular formula is C25H27N7O3S. The minimum atomic E-state index is -0.326. The van der Waals surface area contributed by atoms with Crippen molar-refractivity contribution in [3.63, 3.8) is 0 Å². The minimum Gasteiger partial charge on any atom is -0.481 e. The largest absolute Gasteiger partial charge is 0.481 e. The van der Waals surface area contributed by atoms with Gasteiger partial charge in [0.05, 0.1) is 46.3 Å². The summed E-state index contributed by atoms with van der Waals surface area (Å²) in [6.07, 6.45) is 9.00. The Morgan fingerprint density at radius 1 is 1.17 bits per heavy atom. The van der Waals surface area contributed by atoms with Gasteiger partial charge >= 0.3 is 0 Å². The summed E-state index contributed by atoms with van der Waals surface area (Å²) in [6.45, 7) is 5.37. The fourth-order valence-electron chi connectivity index (χ4n) is 4.22. The van der Waals surface area contributed by atoms with E-state index in [0.717, 1.165) is 30.1 Å². The Balaban J connectivity index is 1.31. The van der Waals surface area contributed by atoms with E-state index in [1.807, 2.05) is 18.3 Å². The number of carbonyl (C=O) groups is 2. The van der Waals surface area contributed by atoms with Gasteiger partial charge < -0.3 is 20.3 Å². The molecule has 0 bridgehead atoms. The molecule has 0 aromatic carbocycles. The van der Waals surface area contributed by atoms with E-state index in [0.29, 0.717) is 39.8 Å². The Kier molecular flexibility index (Phi) is 6.92. The maximum Gasteiger partial charge on any atom is 0.260 e. The lowest BCUT2D eigenvalue weighted by Gasteiger charge is -2.15. The van der Waals surface area contributed by atoms with Gasteiger partial charge in [0.25, 0.3) is 11.8 Å². The van der Waals surface area contributed by atoms with E-state index >= 15 is 0 Å². The van der Waals surface area contributed by atoms with Gasteiger partial charge in [-0.25, -0.2) is 9.50 Å². The molecule has 4 aromatic heterocycles. The molecule has 0 atom stereocenters. The molecule has 5 heterocycles. The lowest BCUT2D eigenvalue weighted by atomic mass is 10.2. The fourth-order valence-corrected chi connectivity index (χ4v) is 5.29. The van der Waals surface area contributed by atoms with Gasteiger partial charge in [-0.1, -0.05) is 0 Å². The monoisotopic (exact) mass is 505 g/mol. The normalized spacial score (nSPS) is 13.7. The second-order valence-corrected chi connectivity index (χ2v) is 9.61. The van der Waals surface area contributed by atoms with Crippen LogP contribution in [0.5, 0.6) is 5.88 Å². The number of thiazole rings is 1. The molecule has 1 aliphatic heterocycles. The summed E-state index contributed by atoms with van der Waals surface area (Å²) in [6, 6.07) is 5.40. The van der Waals surface area contributed by atoms with Gasteiger partial charge in [0, 0.05) is 31.7 Å². The summed E-state index contributed by atoms with van der Waals surface area (Å²) in [5.74, 6) is -0.0308. The second kappa shape index (κ2) is 10.4. The number of anilines is 1. The average molecular weight is 506 g/mol. The van der Waals surface area contributed by atoms with Crippen molar-refractivity contribution in [2.45, 2.75) is 19.8 Å². The van der Waals surface area contributed by atoms with E-state index in [4.69, 9.17) is 4.74 Å². The van der Waals surface area contributed by atoms with Crippen LogP contribution in [0.1, 0.15) is 39.3 Å². The minimum absolute atomic E-state index is 0.210. The number of carbonyl (C=O) groups excluding carboxylic acids is 2. The van der Waals surface area contributed by atoms with Gasteiger partial charge in [0.1, 0.15) is 4.83 Å². The number of nitrogens with zero attached hydrogens (tertiary/aromatic N) is 5. The number of likely N-dealkylation sites (tertiary alicyclic amines) is 1. The van der Waals surface area contributed by atoms with E-state index < -0.39 is 0 Å². The molecule has 4 aromatic rings. The number of rotatable bonds is 8. The number of pyridine rings is 2. The molecule has 11 heteroatoms. The second-order valence-electron chi connectivity index (χ2n) is 8.58. The summed E-state index contributed by atoms with van der Waals surface area (Å²) < 4.78 is 7.03. The first-order chi connectivity index (χ1) is 17.5. The van der Waals surface area contributed by atoms with E-state index in [1.165, 1.54) is 36.6 Å². The van der Waals surface area contributed by atoms with Crippen molar-refractivity contribution in [3.8, 4) is 16.3 Å². The van der Waals surface area contributed by atoms with E-state index in [9.17, 15) is 9.59 Å². The van der Waals surface area contributed by atoms with Crippen molar-refractivity contribution in [1.82, 2.24) is 29.8 Å². The summed E-state index contributed by atoms with van der Waals surface area (Å²) in [4.78, 5) is 38.3. The van der Waals surface area contributed by atoms with E-state index in [1.54, 1.807) is 30.8 Å². The topological polar surface area (TPSA) is 114 Å². The third kappa shape index (κ3) is 4.93. The number of nitrogens with one attached hydrogen (secondary N) is 2. The Labute approximate surface area is 212 Å². The van der Waals surface area contributed by atoms with Gasteiger partial charge in [-0.15, -0.1) is 11.3 Å². The molecule has 186 valence electrons. The molecule has 1 saturated heterocycles. The van der Waals surface area contributed by atoms with Crippen molar-refractivity contribution in [1.29, 1.82) is 0 Å². The SMILES string of the molecule is COc1ncccc1-c1cn2ncc(C(=O)Nc3cc(C(=O)NCCN4CCCC4)cnc3C)c2s1. The highest BCUT2D eigenvalue weighted by atomic mass is 32.1. The predicted octanol–water partition coefficient (Wildman–Crippen LogP) is 3.25. The number of ether oxygens (including phenoxy) is 1. The van der Waals surface area contributed by atoms with Crippen molar-refractivity contribution < 1.29 is 14.3 Å². The first-order valence-electron chi connectivity index (χ1n) is 11.8. The maximum absolute atomic E-state index is 13.2. The smallest absolute Gasteiger partial charge is 0.260 e. The van der Waals surface area contributed by atoms with Crippen LogP contribution in [-0.4, -0.2) is 69.6 Å².